The van der Waals surface area contributed by atoms with Crippen LogP contribution in [0.4, 0.5) is 0 Å². The van der Waals surface area contributed by atoms with Crippen LogP contribution in [0, 0.1) is 6.92 Å². The van der Waals surface area contributed by atoms with Crippen LogP contribution in [0.15, 0.2) is 45.9 Å². The van der Waals surface area contributed by atoms with Gasteiger partial charge in [0.25, 0.3) is 0 Å². The van der Waals surface area contributed by atoms with Gasteiger partial charge in [0.1, 0.15) is 11.3 Å². The van der Waals surface area contributed by atoms with Crippen molar-refractivity contribution in [2.24, 2.45) is 5.10 Å². The van der Waals surface area contributed by atoms with E-state index in [-0.39, 0.29) is 0 Å². The lowest BCUT2D eigenvalue weighted by Gasteiger charge is -2.09. The summed E-state index contributed by atoms with van der Waals surface area (Å²) < 4.78 is 21.6. The second-order valence-corrected chi connectivity index (χ2v) is 5.74. The number of methoxy groups -OCH3 is 3. The lowest BCUT2D eigenvalue weighted by molar-refractivity contribution is 0.354. The Morgan fingerprint density at radius 1 is 1.00 bits per heavy atom. The zero-order valence-electron chi connectivity index (χ0n) is 15.3. The van der Waals surface area contributed by atoms with Gasteiger partial charge in [0.2, 0.25) is 0 Å². The van der Waals surface area contributed by atoms with Crippen molar-refractivity contribution in [1.29, 1.82) is 0 Å². The first-order valence-corrected chi connectivity index (χ1v) is 8.20. The van der Waals surface area contributed by atoms with Gasteiger partial charge in [-0.15, -0.1) is 0 Å². The molecule has 1 heterocycles. The molecule has 0 amide bonds. The normalized spacial score (nSPS) is 11.1. The molecule has 0 fully saturated rings. The van der Waals surface area contributed by atoms with Crippen LogP contribution in [0.3, 0.4) is 0 Å². The van der Waals surface area contributed by atoms with Crippen molar-refractivity contribution in [3.8, 4) is 17.2 Å². The molecule has 0 aliphatic rings. The second-order valence-electron chi connectivity index (χ2n) is 5.74. The average Bonchev–Trinajstić information content (AvgIpc) is 2.99. The molecule has 6 nitrogen and oxygen atoms in total. The van der Waals surface area contributed by atoms with Gasteiger partial charge in [-0.05, 0) is 36.8 Å². The molecule has 1 aromatic heterocycles. The maximum atomic E-state index is 5.85. The van der Waals surface area contributed by atoms with Gasteiger partial charge in [0.15, 0.2) is 17.3 Å². The molecule has 1 N–H and O–H groups in total. The lowest BCUT2D eigenvalue weighted by atomic mass is 10.1. The molecule has 0 aliphatic carbocycles. The molecule has 0 saturated carbocycles. The van der Waals surface area contributed by atoms with Crippen LogP contribution in [0.25, 0.3) is 11.0 Å². The first-order chi connectivity index (χ1) is 12.7. The summed E-state index contributed by atoms with van der Waals surface area (Å²) >= 11 is 0. The van der Waals surface area contributed by atoms with Crippen molar-refractivity contribution in [3.63, 3.8) is 0 Å². The number of aryl methyl sites for hydroxylation is 1. The fraction of sp³-hybridized carbons (Fsp3) is 0.250. The maximum absolute atomic E-state index is 5.85. The monoisotopic (exact) mass is 354 g/mol. The quantitative estimate of drug-likeness (QED) is 0.515. The van der Waals surface area contributed by atoms with E-state index in [1.807, 2.05) is 43.3 Å². The van der Waals surface area contributed by atoms with Gasteiger partial charge in [-0.25, -0.2) is 0 Å². The summed E-state index contributed by atoms with van der Waals surface area (Å²) in [5.74, 6) is 2.88. The van der Waals surface area contributed by atoms with E-state index in [9.17, 15) is 0 Å². The molecule has 0 spiro atoms. The van der Waals surface area contributed by atoms with Crippen molar-refractivity contribution >= 4 is 17.2 Å². The topological polar surface area (TPSA) is 65.2 Å². The third kappa shape index (κ3) is 3.59. The van der Waals surface area contributed by atoms with Crippen molar-refractivity contribution in [3.05, 3.63) is 53.3 Å². The molecule has 26 heavy (non-hydrogen) atoms. The van der Waals surface area contributed by atoms with Crippen LogP contribution in [-0.4, -0.2) is 27.5 Å². The van der Waals surface area contributed by atoms with E-state index in [4.69, 9.17) is 18.6 Å². The SMILES string of the molecule is COc1ccc2c(C)c(/C=N\NCc3ccc(OC)c(OC)c3)oc2c1. The Morgan fingerprint density at radius 3 is 2.54 bits per heavy atom. The van der Waals surface area contributed by atoms with Gasteiger partial charge in [-0.3, -0.25) is 0 Å². The van der Waals surface area contributed by atoms with Crippen molar-refractivity contribution < 1.29 is 18.6 Å². The van der Waals surface area contributed by atoms with Crippen molar-refractivity contribution in [1.82, 2.24) is 5.43 Å². The summed E-state index contributed by atoms with van der Waals surface area (Å²) in [6, 6.07) is 11.5. The van der Waals surface area contributed by atoms with Crippen LogP contribution in [-0.2, 0) is 6.54 Å². The van der Waals surface area contributed by atoms with Crippen LogP contribution in [0.2, 0.25) is 0 Å². The Balaban J connectivity index is 1.69. The second kappa shape index (κ2) is 7.82. The van der Waals surface area contributed by atoms with Crippen molar-refractivity contribution in [2.75, 3.05) is 21.3 Å². The number of rotatable bonds is 7. The Hall–Kier alpha value is -3.15. The Labute approximate surface area is 152 Å². The predicted octanol–water partition coefficient (Wildman–Crippen LogP) is 3.89. The smallest absolute Gasteiger partial charge is 0.161 e. The van der Waals surface area contributed by atoms with Gasteiger partial charge in [-0.2, -0.15) is 5.10 Å². The molecule has 3 rings (SSSR count). The van der Waals surface area contributed by atoms with Gasteiger partial charge in [0.05, 0.1) is 34.1 Å². The maximum Gasteiger partial charge on any atom is 0.161 e. The highest BCUT2D eigenvalue weighted by Crippen LogP contribution is 2.28. The fourth-order valence-corrected chi connectivity index (χ4v) is 2.71. The molecule has 0 unspecified atom stereocenters. The number of ether oxygens (including phenoxy) is 3. The minimum absolute atomic E-state index is 0.559. The number of hydrazone groups is 1. The van der Waals surface area contributed by atoms with Crippen LogP contribution < -0.4 is 19.6 Å². The van der Waals surface area contributed by atoms with Crippen molar-refractivity contribution in [2.45, 2.75) is 13.5 Å². The third-order valence-corrected chi connectivity index (χ3v) is 4.19. The Kier molecular flexibility index (Phi) is 5.31. The number of fused-ring (bicyclic) bond motifs is 1. The Morgan fingerprint density at radius 2 is 1.81 bits per heavy atom. The molecule has 3 aromatic rings. The average molecular weight is 354 g/mol. The van der Waals surface area contributed by atoms with Crippen LogP contribution in [0.1, 0.15) is 16.9 Å². The number of nitrogens with zero attached hydrogens (tertiary/aromatic N) is 1. The number of benzene rings is 2. The zero-order valence-corrected chi connectivity index (χ0v) is 15.3. The van der Waals surface area contributed by atoms with E-state index in [1.54, 1.807) is 27.5 Å². The highest BCUT2D eigenvalue weighted by Gasteiger charge is 2.09. The largest absolute Gasteiger partial charge is 0.497 e. The number of nitrogens with one attached hydrogen (secondary N) is 1. The first kappa shape index (κ1) is 17.7. The molecule has 0 aliphatic heterocycles. The third-order valence-electron chi connectivity index (χ3n) is 4.19. The fourth-order valence-electron chi connectivity index (χ4n) is 2.71. The first-order valence-electron chi connectivity index (χ1n) is 8.20. The molecule has 2 aromatic carbocycles. The van der Waals surface area contributed by atoms with Crippen LogP contribution >= 0.6 is 0 Å². The molecule has 0 bridgehead atoms. The van der Waals surface area contributed by atoms with Gasteiger partial charge < -0.3 is 24.1 Å². The minimum atomic E-state index is 0.559. The van der Waals surface area contributed by atoms with Crippen LogP contribution in [0.5, 0.6) is 17.2 Å². The molecular formula is C20H22N2O4. The Bertz CT molecular complexity index is 931. The molecule has 0 atom stereocenters. The number of hydrogen-bond donors (Lipinski definition) is 1. The molecule has 0 radical (unpaired) electrons. The van der Waals surface area contributed by atoms with E-state index in [2.05, 4.69) is 10.5 Å². The number of hydrogen-bond acceptors (Lipinski definition) is 6. The van der Waals surface area contributed by atoms with E-state index in [0.717, 1.165) is 27.8 Å². The molecular weight excluding hydrogens is 332 g/mol. The summed E-state index contributed by atoms with van der Waals surface area (Å²) in [5, 5.41) is 5.31. The lowest BCUT2D eigenvalue weighted by Crippen LogP contribution is -2.06. The summed E-state index contributed by atoms with van der Waals surface area (Å²) in [6.45, 7) is 2.57. The summed E-state index contributed by atoms with van der Waals surface area (Å²) in [5.41, 5.74) is 5.88. The summed E-state index contributed by atoms with van der Waals surface area (Å²) in [6.07, 6.45) is 1.68. The number of furan rings is 1. The molecule has 0 saturated heterocycles. The summed E-state index contributed by atoms with van der Waals surface area (Å²) in [7, 11) is 4.87. The van der Waals surface area contributed by atoms with Gasteiger partial charge >= 0.3 is 0 Å². The van der Waals surface area contributed by atoms with E-state index in [1.165, 1.54) is 0 Å². The molecule has 6 heteroatoms. The highest BCUT2D eigenvalue weighted by atomic mass is 16.5. The molecule has 136 valence electrons. The highest BCUT2D eigenvalue weighted by molar-refractivity contribution is 5.91. The van der Waals surface area contributed by atoms with Gasteiger partial charge in [-0.1, -0.05) is 6.07 Å². The standard InChI is InChI=1S/C20H22N2O4/c1-13-16-7-6-15(23-2)10-18(16)26-20(13)12-22-21-11-14-5-8-17(24-3)19(9-14)25-4/h5-10,12,21H,11H2,1-4H3/b22-12-. The van der Waals surface area contributed by atoms with E-state index in [0.29, 0.717) is 23.8 Å². The van der Waals surface area contributed by atoms with E-state index < -0.39 is 0 Å². The summed E-state index contributed by atoms with van der Waals surface area (Å²) in [4.78, 5) is 0. The minimum Gasteiger partial charge on any atom is -0.497 e. The predicted molar refractivity (Wildman–Crippen MR) is 101 cm³/mol. The zero-order chi connectivity index (χ0) is 18.5. The van der Waals surface area contributed by atoms with E-state index >= 15 is 0 Å². The van der Waals surface area contributed by atoms with Gasteiger partial charge in [0, 0.05) is 17.0 Å².